The molecule has 3 aromatic heterocycles. The Morgan fingerprint density at radius 2 is 1.57 bits per heavy atom. The Balaban J connectivity index is 1.59. The molecule has 0 saturated heterocycles. The Morgan fingerprint density at radius 1 is 0.833 bits per heavy atom. The molecule has 0 radical (unpaired) electrons. The van der Waals surface area contributed by atoms with Gasteiger partial charge in [-0.2, -0.15) is 0 Å². The van der Waals surface area contributed by atoms with Gasteiger partial charge >= 0.3 is 0 Å². The molecule has 3 heterocycles. The number of benzene rings is 1. The zero-order valence-electron chi connectivity index (χ0n) is 19.2. The van der Waals surface area contributed by atoms with Crippen LogP contribution in [0.15, 0.2) is 42.6 Å². The first-order chi connectivity index (χ1) is 14.1. The maximum atomic E-state index is 4.79. The standard InChI is InChI=1S/C27H33NS2/c1-16(2)19-8-9-23-20(10-19)13-25(29-23)27(6,7)14-18(5)22-11-21-12-24(17(3)4)30-26(21)28-15-22/h8-13,15-18H,14H2,1-7H3. The third-order valence-electron chi connectivity index (χ3n) is 6.24. The topological polar surface area (TPSA) is 12.9 Å². The van der Waals surface area contributed by atoms with Gasteiger partial charge in [0.1, 0.15) is 4.83 Å². The molecule has 3 heteroatoms. The lowest BCUT2D eigenvalue weighted by Gasteiger charge is -2.27. The van der Waals surface area contributed by atoms with Crippen LogP contribution in [-0.4, -0.2) is 4.98 Å². The summed E-state index contributed by atoms with van der Waals surface area (Å²) >= 11 is 3.79. The zero-order valence-corrected chi connectivity index (χ0v) is 20.9. The number of rotatable bonds is 6. The third kappa shape index (κ3) is 4.20. The Bertz CT molecular complexity index is 1180. The summed E-state index contributed by atoms with van der Waals surface area (Å²) < 4.78 is 1.40. The van der Waals surface area contributed by atoms with Crippen molar-refractivity contribution in [1.29, 1.82) is 0 Å². The van der Waals surface area contributed by atoms with Gasteiger partial charge in [0.2, 0.25) is 0 Å². The Kier molecular flexibility index (Phi) is 5.80. The van der Waals surface area contributed by atoms with Crippen LogP contribution in [0.25, 0.3) is 20.3 Å². The van der Waals surface area contributed by atoms with E-state index in [0.717, 1.165) is 6.42 Å². The molecule has 0 aliphatic rings. The highest BCUT2D eigenvalue weighted by Crippen LogP contribution is 2.41. The van der Waals surface area contributed by atoms with Crippen LogP contribution in [0.3, 0.4) is 0 Å². The molecule has 0 spiro atoms. The molecular weight excluding hydrogens is 402 g/mol. The highest BCUT2D eigenvalue weighted by atomic mass is 32.1. The first-order valence-corrected chi connectivity index (χ1v) is 12.7. The van der Waals surface area contributed by atoms with E-state index in [1.807, 2.05) is 22.7 Å². The van der Waals surface area contributed by atoms with Gasteiger partial charge in [0.05, 0.1) is 0 Å². The zero-order chi connectivity index (χ0) is 21.6. The monoisotopic (exact) mass is 435 g/mol. The fraction of sp³-hybridized carbons (Fsp3) is 0.444. The van der Waals surface area contributed by atoms with Gasteiger partial charge in [0.25, 0.3) is 0 Å². The van der Waals surface area contributed by atoms with Crippen molar-refractivity contribution in [2.45, 2.75) is 78.1 Å². The summed E-state index contributed by atoms with van der Waals surface area (Å²) in [5.41, 5.74) is 2.91. The normalized spacial score (nSPS) is 13.8. The van der Waals surface area contributed by atoms with Gasteiger partial charge in [-0.05, 0) is 70.4 Å². The highest BCUT2D eigenvalue weighted by molar-refractivity contribution is 7.19. The maximum absolute atomic E-state index is 4.79. The van der Waals surface area contributed by atoms with Gasteiger partial charge in [-0.25, -0.2) is 4.98 Å². The fourth-order valence-corrected chi connectivity index (χ4v) is 6.40. The average molecular weight is 436 g/mol. The summed E-state index contributed by atoms with van der Waals surface area (Å²) in [7, 11) is 0. The Hall–Kier alpha value is -1.71. The fourth-order valence-electron chi connectivity index (χ4n) is 4.26. The van der Waals surface area contributed by atoms with Crippen LogP contribution in [0, 0.1) is 0 Å². The summed E-state index contributed by atoms with van der Waals surface area (Å²) in [6, 6.07) is 14.1. The van der Waals surface area contributed by atoms with Gasteiger partial charge in [-0.15, -0.1) is 22.7 Å². The van der Waals surface area contributed by atoms with Crippen LogP contribution in [0.2, 0.25) is 0 Å². The van der Waals surface area contributed by atoms with E-state index >= 15 is 0 Å². The molecule has 30 heavy (non-hydrogen) atoms. The molecule has 0 N–H and O–H groups in total. The van der Waals surface area contributed by atoms with Crippen molar-refractivity contribution in [1.82, 2.24) is 4.98 Å². The molecule has 0 aliphatic carbocycles. The molecule has 1 unspecified atom stereocenters. The van der Waals surface area contributed by atoms with E-state index < -0.39 is 0 Å². The number of fused-ring (bicyclic) bond motifs is 2. The van der Waals surface area contributed by atoms with Gasteiger partial charge in [-0.3, -0.25) is 0 Å². The molecule has 4 rings (SSSR count). The lowest BCUT2D eigenvalue weighted by Crippen LogP contribution is -2.18. The lowest BCUT2D eigenvalue weighted by molar-refractivity contribution is 0.446. The molecular formula is C27H33NS2. The third-order valence-corrected chi connectivity index (χ3v) is 9.08. The predicted octanol–water partition coefficient (Wildman–Crippen LogP) is 9.23. The number of pyridine rings is 1. The van der Waals surface area contributed by atoms with Gasteiger partial charge in [0, 0.05) is 26.0 Å². The Morgan fingerprint density at radius 3 is 2.27 bits per heavy atom. The molecule has 158 valence electrons. The Labute approximate surface area is 189 Å². The summed E-state index contributed by atoms with van der Waals surface area (Å²) in [5, 5.41) is 2.69. The second-order valence-corrected chi connectivity index (χ2v) is 12.2. The van der Waals surface area contributed by atoms with Crippen LogP contribution in [0.5, 0.6) is 0 Å². The van der Waals surface area contributed by atoms with Gasteiger partial charge < -0.3 is 0 Å². The van der Waals surface area contributed by atoms with E-state index in [0.29, 0.717) is 17.8 Å². The molecule has 0 fully saturated rings. The summed E-state index contributed by atoms with van der Waals surface area (Å²) in [6.07, 6.45) is 3.22. The van der Waals surface area contributed by atoms with Crippen LogP contribution >= 0.6 is 22.7 Å². The molecule has 0 saturated carbocycles. The molecule has 1 aromatic carbocycles. The molecule has 0 amide bonds. The molecule has 1 atom stereocenters. The van der Waals surface area contributed by atoms with Crippen LogP contribution in [0.4, 0.5) is 0 Å². The van der Waals surface area contributed by atoms with Gasteiger partial charge in [-0.1, -0.05) is 60.6 Å². The number of aromatic nitrogens is 1. The van der Waals surface area contributed by atoms with E-state index in [1.54, 1.807) is 0 Å². The minimum absolute atomic E-state index is 0.133. The van der Waals surface area contributed by atoms with E-state index in [2.05, 4.69) is 91.1 Å². The lowest BCUT2D eigenvalue weighted by atomic mass is 9.79. The minimum atomic E-state index is 0.133. The molecule has 0 aliphatic heterocycles. The molecule has 0 bridgehead atoms. The second-order valence-electron chi connectivity index (χ2n) is 10.0. The first-order valence-electron chi connectivity index (χ1n) is 11.1. The van der Waals surface area contributed by atoms with Crippen molar-refractivity contribution < 1.29 is 0 Å². The van der Waals surface area contributed by atoms with Crippen molar-refractivity contribution in [2.75, 3.05) is 0 Å². The molecule has 1 nitrogen and oxygen atoms in total. The molecule has 4 aromatic rings. The van der Waals surface area contributed by atoms with E-state index in [4.69, 9.17) is 4.98 Å². The quantitative estimate of drug-likeness (QED) is 0.294. The summed E-state index contributed by atoms with van der Waals surface area (Å²) in [5.74, 6) is 1.60. The first kappa shape index (κ1) is 21.5. The summed E-state index contributed by atoms with van der Waals surface area (Å²) in [4.78, 5) is 8.86. The smallest absolute Gasteiger partial charge is 0.123 e. The second kappa shape index (κ2) is 8.09. The van der Waals surface area contributed by atoms with Crippen molar-refractivity contribution in [3.63, 3.8) is 0 Å². The largest absolute Gasteiger partial charge is 0.245 e. The van der Waals surface area contributed by atoms with E-state index in [1.165, 1.54) is 41.2 Å². The SMILES string of the molecule is CC(C)c1ccc2sc(C(C)(C)CC(C)c3cnc4sc(C(C)C)cc4c3)cc2c1. The number of thiophene rings is 2. The van der Waals surface area contributed by atoms with E-state index in [9.17, 15) is 0 Å². The van der Waals surface area contributed by atoms with Gasteiger partial charge in [0.15, 0.2) is 0 Å². The van der Waals surface area contributed by atoms with E-state index in [-0.39, 0.29) is 5.41 Å². The van der Waals surface area contributed by atoms with Crippen molar-refractivity contribution in [3.05, 3.63) is 63.5 Å². The van der Waals surface area contributed by atoms with Crippen molar-refractivity contribution in [3.8, 4) is 0 Å². The van der Waals surface area contributed by atoms with Crippen molar-refractivity contribution in [2.24, 2.45) is 0 Å². The summed E-state index contributed by atoms with van der Waals surface area (Å²) in [6.45, 7) is 16.2. The highest BCUT2D eigenvalue weighted by Gasteiger charge is 2.26. The van der Waals surface area contributed by atoms with Crippen molar-refractivity contribution >= 4 is 43.0 Å². The maximum Gasteiger partial charge on any atom is 0.123 e. The average Bonchev–Trinajstić information content (AvgIpc) is 3.30. The minimum Gasteiger partial charge on any atom is -0.245 e. The van der Waals surface area contributed by atoms with Crippen LogP contribution in [-0.2, 0) is 5.41 Å². The van der Waals surface area contributed by atoms with Crippen LogP contribution in [0.1, 0.15) is 93.5 Å². The number of hydrogen-bond donors (Lipinski definition) is 0. The predicted molar refractivity (Wildman–Crippen MR) is 136 cm³/mol. The van der Waals surface area contributed by atoms with Crippen LogP contribution < -0.4 is 0 Å². The number of nitrogens with zero attached hydrogens (tertiary/aromatic N) is 1. The number of hydrogen-bond acceptors (Lipinski definition) is 3.